The summed E-state index contributed by atoms with van der Waals surface area (Å²) in [6.07, 6.45) is 0.785. The molecule has 2 atom stereocenters. The molecule has 0 aliphatic heterocycles. The number of rotatable bonds is 5. The fraction of sp³-hybridized carbons (Fsp3) is 0.700. The van der Waals surface area contributed by atoms with Gasteiger partial charge < -0.3 is 4.74 Å². The number of esters is 1. The quantitative estimate of drug-likeness (QED) is 0.632. The predicted octanol–water partition coefficient (Wildman–Crippen LogP) is 1.94. The molecule has 0 radical (unpaired) electrons. The molecule has 0 saturated carbocycles. The molecule has 1 aromatic heterocycles. The van der Waals surface area contributed by atoms with Crippen molar-refractivity contribution in [2.45, 2.75) is 50.6 Å². The van der Waals surface area contributed by atoms with E-state index < -0.39 is 0 Å². The summed E-state index contributed by atoms with van der Waals surface area (Å²) in [5.74, 6) is 0.520. The summed E-state index contributed by atoms with van der Waals surface area (Å²) < 4.78 is 5.21. The number of aromatic nitrogens is 3. The molecule has 16 heavy (non-hydrogen) atoms. The molecule has 0 spiro atoms. The summed E-state index contributed by atoms with van der Waals surface area (Å²) in [5, 5.41) is 6.97. The second-order valence-corrected chi connectivity index (χ2v) is 4.93. The summed E-state index contributed by atoms with van der Waals surface area (Å²) in [4.78, 5) is 15.7. The third-order valence-electron chi connectivity index (χ3n) is 2.08. The Morgan fingerprint density at radius 3 is 2.75 bits per heavy atom. The lowest BCUT2D eigenvalue weighted by Gasteiger charge is -2.13. The second-order valence-electron chi connectivity index (χ2n) is 3.62. The molecule has 0 saturated heterocycles. The van der Waals surface area contributed by atoms with Gasteiger partial charge in [0.05, 0.1) is 6.10 Å². The van der Waals surface area contributed by atoms with Gasteiger partial charge in [0, 0.05) is 0 Å². The van der Waals surface area contributed by atoms with Crippen molar-refractivity contribution in [3.63, 3.8) is 0 Å². The van der Waals surface area contributed by atoms with E-state index in [1.54, 1.807) is 6.92 Å². The summed E-state index contributed by atoms with van der Waals surface area (Å²) in [6.45, 7) is 7.47. The molecule has 5 nitrogen and oxygen atoms in total. The van der Waals surface area contributed by atoms with Crippen molar-refractivity contribution in [2.75, 3.05) is 0 Å². The van der Waals surface area contributed by atoms with E-state index in [4.69, 9.17) is 4.74 Å². The Balaban J connectivity index is 2.45. The van der Waals surface area contributed by atoms with Gasteiger partial charge in [-0.15, -0.1) is 5.10 Å². The van der Waals surface area contributed by atoms with Gasteiger partial charge in [0.25, 0.3) is 0 Å². The van der Waals surface area contributed by atoms with Crippen molar-refractivity contribution < 1.29 is 9.53 Å². The Labute approximate surface area is 99.4 Å². The van der Waals surface area contributed by atoms with E-state index in [0.29, 0.717) is 5.16 Å². The molecule has 0 fully saturated rings. The number of nitrogens with zero attached hydrogens (tertiary/aromatic N) is 2. The standard InChI is InChI=1S/C10H17N3O2S/c1-5-6(2)15-9(14)7(3)16-10-11-8(4)12-13-10/h6-7H,5H2,1-4H3,(H,11,12,13). The third-order valence-corrected chi connectivity index (χ3v) is 3.02. The third kappa shape index (κ3) is 3.84. The fourth-order valence-electron chi connectivity index (χ4n) is 0.959. The van der Waals surface area contributed by atoms with E-state index in [9.17, 15) is 4.79 Å². The number of aromatic amines is 1. The van der Waals surface area contributed by atoms with Gasteiger partial charge in [-0.05, 0) is 27.2 Å². The SMILES string of the molecule is CCC(C)OC(=O)C(C)Sc1n[nH]c(C)n1. The van der Waals surface area contributed by atoms with Crippen molar-refractivity contribution in [1.82, 2.24) is 15.2 Å². The molecule has 1 heterocycles. The summed E-state index contributed by atoms with van der Waals surface area (Å²) >= 11 is 1.30. The average molecular weight is 243 g/mol. The van der Waals surface area contributed by atoms with Crippen LogP contribution in [0.25, 0.3) is 0 Å². The number of hydrogen-bond acceptors (Lipinski definition) is 5. The van der Waals surface area contributed by atoms with Gasteiger partial charge in [-0.25, -0.2) is 4.98 Å². The van der Waals surface area contributed by atoms with Crippen LogP contribution in [0.2, 0.25) is 0 Å². The van der Waals surface area contributed by atoms with Crippen LogP contribution in [-0.2, 0) is 9.53 Å². The molecule has 6 heteroatoms. The zero-order valence-corrected chi connectivity index (χ0v) is 10.8. The highest BCUT2D eigenvalue weighted by molar-refractivity contribution is 8.00. The van der Waals surface area contributed by atoms with Crippen molar-refractivity contribution >= 4 is 17.7 Å². The second kappa shape index (κ2) is 5.89. The van der Waals surface area contributed by atoms with E-state index in [1.165, 1.54) is 11.8 Å². The van der Waals surface area contributed by atoms with Crippen molar-refractivity contribution in [3.05, 3.63) is 5.82 Å². The molecule has 1 N–H and O–H groups in total. The highest BCUT2D eigenvalue weighted by atomic mass is 32.2. The van der Waals surface area contributed by atoms with Crippen LogP contribution < -0.4 is 0 Å². The van der Waals surface area contributed by atoms with Crippen LogP contribution in [0.1, 0.15) is 33.0 Å². The van der Waals surface area contributed by atoms with Gasteiger partial charge >= 0.3 is 5.97 Å². The fourth-order valence-corrected chi connectivity index (χ4v) is 1.71. The predicted molar refractivity (Wildman–Crippen MR) is 62.3 cm³/mol. The normalized spacial score (nSPS) is 14.5. The van der Waals surface area contributed by atoms with Gasteiger partial charge in [0.15, 0.2) is 0 Å². The Morgan fingerprint density at radius 2 is 2.25 bits per heavy atom. The highest BCUT2D eigenvalue weighted by Crippen LogP contribution is 2.20. The Hall–Kier alpha value is -1.04. The minimum absolute atomic E-state index is 0.0376. The van der Waals surface area contributed by atoms with Gasteiger partial charge in [-0.3, -0.25) is 9.89 Å². The lowest BCUT2D eigenvalue weighted by Crippen LogP contribution is -2.22. The summed E-state index contributed by atoms with van der Waals surface area (Å²) in [5.41, 5.74) is 0. The smallest absolute Gasteiger partial charge is 0.319 e. The number of thioether (sulfide) groups is 1. The minimum Gasteiger partial charge on any atom is -0.462 e. The van der Waals surface area contributed by atoms with Crippen molar-refractivity contribution in [3.8, 4) is 0 Å². The zero-order chi connectivity index (χ0) is 12.1. The van der Waals surface area contributed by atoms with E-state index >= 15 is 0 Å². The lowest BCUT2D eigenvalue weighted by molar-refractivity contribution is -0.147. The van der Waals surface area contributed by atoms with Crippen molar-refractivity contribution in [2.24, 2.45) is 0 Å². The molecule has 0 amide bonds. The molecule has 0 bridgehead atoms. The molecule has 0 aliphatic rings. The first-order chi connectivity index (χ1) is 7.52. The zero-order valence-electron chi connectivity index (χ0n) is 9.98. The van der Waals surface area contributed by atoms with Gasteiger partial charge in [0.1, 0.15) is 11.1 Å². The summed E-state index contributed by atoms with van der Waals surface area (Å²) in [6, 6.07) is 0. The maximum atomic E-state index is 11.6. The van der Waals surface area contributed by atoms with Crippen LogP contribution in [0.3, 0.4) is 0 Å². The van der Waals surface area contributed by atoms with Gasteiger partial charge in [-0.1, -0.05) is 18.7 Å². The Kier molecular flexibility index (Phi) is 4.79. The first kappa shape index (κ1) is 13.0. The largest absolute Gasteiger partial charge is 0.462 e. The van der Waals surface area contributed by atoms with E-state index in [-0.39, 0.29) is 17.3 Å². The van der Waals surface area contributed by atoms with Crippen LogP contribution in [0.15, 0.2) is 5.16 Å². The number of nitrogens with one attached hydrogen (secondary N) is 1. The van der Waals surface area contributed by atoms with Crippen LogP contribution in [0.4, 0.5) is 0 Å². The first-order valence-electron chi connectivity index (χ1n) is 5.29. The highest BCUT2D eigenvalue weighted by Gasteiger charge is 2.19. The number of hydrogen-bond donors (Lipinski definition) is 1. The Morgan fingerprint density at radius 1 is 1.56 bits per heavy atom. The molecule has 1 aromatic rings. The van der Waals surface area contributed by atoms with Crippen LogP contribution >= 0.6 is 11.8 Å². The van der Waals surface area contributed by atoms with Gasteiger partial charge in [0.2, 0.25) is 5.16 Å². The van der Waals surface area contributed by atoms with E-state index in [2.05, 4.69) is 15.2 Å². The number of H-pyrrole nitrogens is 1. The number of aryl methyl sites for hydroxylation is 1. The molecule has 2 unspecified atom stereocenters. The molecule has 0 aromatic carbocycles. The van der Waals surface area contributed by atoms with Crippen molar-refractivity contribution in [1.29, 1.82) is 0 Å². The van der Waals surface area contributed by atoms with E-state index in [0.717, 1.165) is 12.2 Å². The number of ether oxygens (including phenoxy) is 1. The maximum Gasteiger partial charge on any atom is 0.319 e. The van der Waals surface area contributed by atoms with Crippen LogP contribution in [0.5, 0.6) is 0 Å². The molecular formula is C10H17N3O2S. The first-order valence-corrected chi connectivity index (χ1v) is 6.17. The minimum atomic E-state index is -0.288. The molecule has 0 aliphatic carbocycles. The summed E-state index contributed by atoms with van der Waals surface area (Å²) in [7, 11) is 0. The average Bonchev–Trinajstić information content (AvgIpc) is 2.63. The number of carbonyl (C=O) groups is 1. The topological polar surface area (TPSA) is 67.9 Å². The maximum absolute atomic E-state index is 11.6. The van der Waals surface area contributed by atoms with Crippen LogP contribution in [-0.4, -0.2) is 32.5 Å². The number of carbonyl (C=O) groups excluding carboxylic acids is 1. The lowest BCUT2D eigenvalue weighted by atomic mass is 10.3. The van der Waals surface area contributed by atoms with Crippen LogP contribution in [0, 0.1) is 6.92 Å². The molecular weight excluding hydrogens is 226 g/mol. The Bertz CT molecular complexity index is 354. The monoisotopic (exact) mass is 243 g/mol. The molecule has 1 rings (SSSR count). The van der Waals surface area contributed by atoms with Gasteiger partial charge in [-0.2, -0.15) is 0 Å². The molecule has 90 valence electrons. The van der Waals surface area contributed by atoms with E-state index in [1.807, 2.05) is 20.8 Å².